The number of carbonyl (C=O) groups is 1. The van der Waals surface area contributed by atoms with Gasteiger partial charge in [-0.2, -0.15) is 0 Å². The molecule has 1 radical (unpaired) electrons. The van der Waals surface area contributed by atoms with Gasteiger partial charge < -0.3 is 4.90 Å². The first-order valence-corrected chi connectivity index (χ1v) is 7.29. The molecule has 2 aromatic rings. The lowest BCUT2D eigenvalue weighted by Crippen LogP contribution is -2.45. The van der Waals surface area contributed by atoms with Gasteiger partial charge in [0.05, 0.1) is 5.52 Å². The molecular formula is C17H17N2O2. The minimum atomic E-state index is -0.499. The average molecular weight is 281 g/mol. The van der Waals surface area contributed by atoms with Gasteiger partial charge in [-0.3, -0.25) is 14.6 Å². The lowest BCUT2D eigenvalue weighted by atomic mass is 10.0. The minimum absolute atomic E-state index is 0.0587. The number of hydrogen-bond donors (Lipinski definition) is 0. The molecule has 1 aliphatic rings. The Hall–Kier alpha value is -2.23. The molecule has 1 saturated heterocycles. The average Bonchev–Trinajstić information content (AvgIpc) is 2.53. The van der Waals surface area contributed by atoms with Crippen LogP contribution in [0.15, 0.2) is 36.5 Å². The summed E-state index contributed by atoms with van der Waals surface area (Å²) in [5.74, 6) is 0.0587. The van der Waals surface area contributed by atoms with Gasteiger partial charge >= 0.3 is 0 Å². The van der Waals surface area contributed by atoms with Gasteiger partial charge in [-0.15, -0.1) is 0 Å². The molecule has 4 heteroatoms. The van der Waals surface area contributed by atoms with E-state index < -0.39 is 6.04 Å². The van der Waals surface area contributed by atoms with Crippen molar-refractivity contribution in [2.45, 2.75) is 31.7 Å². The van der Waals surface area contributed by atoms with Crippen LogP contribution >= 0.6 is 0 Å². The van der Waals surface area contributed by atoms with Crippen molar-refractivity contribution in [3.8, 4) is 0 Å². The highest BCUT2D eigenvalue weighted by atomic mass is 16.2. The molecule has 0 bridgehead atoms. The second-order valence-electron chi connectivity index (χ2n) is 5.42. The SMILES string of the molecule is O=[C][C@@H](Cc1cnc2ccccc2c1)N1CCCCC1=O. The maximum Gasteiger partial charge on any atom is 0.223 e. The van der Waals surface area contributed by atoms with Crippen LogP contribution in [0.1, 0.15) is 24.8 Å². The highest BCUT2D eigenvalue weighted by molar-refractivity contribution is 5.81. The first-order chi connectivity index (χ1) is 10.3. The molecule has 1 aromatic carbocycles. The number of rotatable bonds is 4. The minimum Gasteiger partial charge on any atom is -0.332 e. The Labute approximate surface area is 123 Å². The number of para-hydroxylation sites is 1. The van der Waals surface area contributed by atoms with Gasteiger partial charge in [0.2, 0.25) is 12.2 Å². The molecule has 1 aliphatic heterocycles. The first-order valence-electron chi connectivity index (χ1n) is 7.29. The lowest BCUT2D eigenvalue weighted by molar-refractivity contribution is -0.134. The molecule has 1 atom stereocenters. The maximum atomic E-state index is 11.9. The third kappa shape index (κ3) is 2.94. The number of likely N-dealkylation sites (tertiary alicyclic amines) is 1. The summed E-state index contributed by atoms with van der Waals surface area (Å²) in [6.07, 6.45) is 6.69. The van der Waals surface area contributed by atoms with Crippen molar-refractivity contribution in [1.82, 2.24) is 9.88 Å². The third-order valence-corrected chi connectivity index (χ3v) is 3.95. The van der Waals surface area contributed by atoms with Crippen molar-refractivity contribution in [1.29, 1.82) is 0 Å². The van der Waals surface area contributed by atoms with E-state index in [9.17, 15) is 9.59 Å². The summed E-state index contributed by atoms with van der Waals surface area (Å²) in [4.78, 5) is 29.3. The van der Waals surface area contributed by atoms with E-state index in [0.717, 1.165) is 29.3 Å². The Morgan fingerprint density at radius 1 is 1.29 bits per heavy atom. The van der Waals surface area contributed by atoms with Gasteiger partial charge in [0, 0.05) is 31.0 Å². The number of benzene rings is 1. The third-order valence-electron chi connectivity index (χ3n) is 3.95. The molecular weight excluding hydrogens is 264 g/mol. The summed E-state index contributed by atoms with van der Waals surface area (Å²) >= 11 is 0. The molecule has 0 unspecified atom stereocenters. The van der Waals surface area contributed by atoms with Crippen LogP contribution < -0.4 is 0 Å². The fraction of sp³-hybridized carbons (Fsp3) is 0.353. The maximum absolute atomic E-state index is 11.9. The topological polar surface area (TPSA) is 50.3 Å². The number of amides is 1. The predicted molar refractivity (Wildman–Crippen MR) is 80.5 cm³/mol. The molecule has 0 spiro atoms. The summed E-state index contributed by atoms with van der Waals surface area (Å²) in [7, 11) is 0. The van der Waals surface area contributed by atoms with Gasteiger partial charge in [0.15, 0.2) is 0 Å². The zero-order valence-electron chi connectivity index (χ0n) is 11.8. The van der Waals surface area contributed by atoms with Crippen LogP contribution in [0, 0.1) is 0 Å². The Morgan fingerprint density at radius 2 is 2.14 bits per heavy atom. The van der Waals surface area contributed by atoms with Crippen LogP contribution in [-0.2, 0) is 16.0 Å². The smallest absolute Gasteiger partial charge is 0.223 e. The van der Waals surface area contributed by atoms with Gasteiger partial charge in [0.25, 0.3) is 0 Å². The van der Waals surface area contributed by atoms with Crippen LogP contribution in [0.4, 0.5) is 0 Å². The number of carbonyl (C=O) groups excluding carboxylic acids is 2. The molecule has 3 rings (SSSR count). The summed E-state index contributed by atoms with van der Waals surface area (Å²) in [6.45, 7) is 0.653. The highest BCUT2D eigenvalue weighted by Gasteiger charge is 2.26. The monoisotopic (exact) mass is 281 g/mol. The van der Waals surface area contributed by atoms with Crippen molar-refractivity contribution < 1.29 is 9.59 Å². The molecule has 21 heavy (non-hydrogen) atoms. The summed E-state index contributed by atoms with van der Waals surface area (Å²) in [5.41, 5.74) is 1.89. The van der Waals surface area contributed by atoms with Crippen molar-refractivity contribution in [3.05, 3.63) is 42.1 Å². The van der Waals surface area contributed by atoms with Crippen LogP contribution in [-0.4, -0.2) is 34.7 Å². The van der Waals surface area contributed by atoms with Gasteiger partial charge in [0.1, 0.15) is 6.04 Å². The van der Waals surface area contributed by atoms with E-state index in [1.807, 2.05) is 36.6 Å². The van der Waals surface area contributed by atoms with Crippen LogP contribution in [0.3, 0.4) is 0 Å². The number of aromatic nitrogens is 1. The summed E-state index contributed by atoms with van der Waals surface area (Å²) < 4.78 is 0. The Balaban J connectivity index is 1.81. The molecule has 1 amide bonds. The molecule has 1 aromatic heterocycles. The summed E-state index contributed by atoms with van der Waals surface area (Å²) in [6, 6.07) is 9.39. The number of fused-ring (bicyclic) bond motifs is 1. The van der Waals surface area contributed by atoms with Crippen molar-refractivity contribution in [2.75, 3.05) is 6.54 Å². The van der Waals surface area contributed by atoms with E-state index >= 15 is 0 Å². The van der Waals surface area contributed by atoms with E-state index in [4.69, 9.17) is 0 Å². The van der Waals surface area contributed by atoms with E-state index in [0.29, 0.717) is 19.4 Å². The zero-order chi connectivity index (χ0) is 14.7. The van der Waals surface area contributed by atoms with Gasteiger partial charge in [-0.25, -0.2) is 0 Å². The second-order valence-corrected chi connectivity index (χ2v) is 5.42. The van der Waals surface area contributed by atoms with Crippen molar-refractivity contribution >= 4 is 23.1 Å². The number of piperidine rings is 1. The van der Waals surface area contributed by atoms with E-state index in [2.05, 4.69) is 4.98 Å². The number of pyridine rings is 1. The fourth-order valence-corrected chi connectivity index (χ4v) is 2.82. The predicted octanol–water partition coefficient (Wildman–Crippen LogP) is 2.27. The molecule has 0 N–H and O–H groups in total. The van der Waals surface area contributed by atoms with E-state index in [-0.39, 0.29) is 5.91 Å². The van der Waals surface area contributed by atoms with Crippen LogP contribution in [0.2, 0.25) is 0 Å². The highest BCUT2D eigenvalue weighted by Crippen LogP contribution is 2.18. The number of nitrogens with zero attached hydrogens (tertiary/aromatic N) is 2. The molecule has 107 valence electrons. The van der Waals surface area contributed by atoms with Crippen molar-refractivity contribution in [2.24, 2.45) is 0 Å². The lowest BCUT2D eigenvalue weighted by Gasteiger charge is -2.31. The number of hydrogen-bond acceptors (Lipinski definition) is 3. The van der Waals surface area contributed by atoms with Gasteiger partial charge in [-0.05, 0) is 30.5 Å². The Kier molecular flexibility index (Phi) is 3.95. The van der Waals surface area contributed by atoms with Crippen LogP contribution in [0.25, 0.3) is 10.9 Å². The molecule has 4 nitrogen and oxygen atoms in total. The first kappa shape index (κ1) is 13.7. The second kappa shape index (κ2) is 6.04. The van der Waals surface area contributed by atoms with Crippen LogP contribution in [0.5, 0.6) is 0 Å². The Bertz CT molecular complexity index is 669. The standard InChI is InChI=1S/C17H17N2O2/c20-12-15(19-8-4-3-7-17(19)21)10-13-9-14-5-1-2-6-16(14)18-11-13/h1-2,5-6,9,11,15H,3-4,7-8,10H2/t15-/m1/s1. The fourth-order valence-electron chi connectivity index (χ4n) is 2.82. The quantitative estimate of drug-likeness (QED) is 0.863. The summed E-state index contributed by atoms with van der Waals surface area (Å²) in [5, 5.41) is 1.05. The molecule has 0 saturated carbocycles. The van der Waals surface area contributed by atoms with E-state index in [1.54, 1.807) is 11.1 Å². The van der Waals surface area contributed by atoms with Crippen molar-refractivity contribution in [3.63, 3.8) is 0 Å². The normalized spacial score (nSPS) is 17.0. The molecule has 0 aliphatic carbocycles. The van der Waals surface area contributed by atoms with E-state index in [1.165, 1.54) is 0 Å². The zero-order valence-corrected chi connectivity index (χ0v) is 11.8. The molecule has 2 heterocycles. The van der Waals surface area contributed by atoms with Gasteiger partial charge in [-0.1, -0.05) is 18.2 Å². The Morgan fingerprint density at radius 3 is 2.95 bits per heavy atom. The molecule has 1 fully saturated rings. The largest absolute Gasteiger partial charge is 0.332 e.